The highest BCUT2D eigenvalue weighted by molar-refractivity contribution is 6.30. The molecule has 2 N–H and O–H groups in total. The quantitative estimate of drug-likeness (QED) is 0.820. The van der Waals surface area contributed by atoms with Crippen LogP contribution in [0.15, 0.2) is 18.2 Å². The molecule has 132 valence electrons. The van der Waals surface area contributed by atoms with Crippen molar-refractivity contribution in [2.75, 3.05) is 13.2 Å². The first-order valence-electron chi connectivity index (χ1n) is 7.80. The summed E-state index contributed by atoms with van der Waals surface area (Å²) in [5.74, 6) is -2.10. The maximum absolute atomic E-state index is 13.6. The minimum atomic E-state index is -0.907. The number of amides is 1. The van der Waals surface area contributed by atoms with E-state index in [-0.39, 0.29) is 17.5 Å². The lowest BCUT2D eigenvalue weighted by Gasteiger charge is -2.21. The average molecular weight is 358 g/mol. The minimum absolute atomic E-state index is 0.0219. The summed E-state index contributed by atoms with van der Waals surface area (Å²) in [6.45, 7) is 3.89. The average Bonchev–Trinajstić information content (AvgIpc) is 2.99. The molecule has 1 fully saturated rings. The molecule has 1 heterocycles. The zero-order valence-electron chi connectivity index (χ0n) is 13.6. The van der Waals surface area contributed by atoms with Crippen molar-refractivity contribution >= 4 is 23.5 Å². The fourth-order valence-electron chi connectivity index (χ4n) is 2.61. The highest BCUT2D eigenvalue weighted by atomic mass is 35.5. The van der Waals surface area contributed by atoms with Gasteiger partial charge < -0.3 is 15.2 Å². The molecular formula is C17H21ClFNO4. The minimum Gasteiger partial charge on any atom is -0.481 e. The van der Waals surface area contributed by atoms with Gasteiger partial charge in [0.15, 0.2) is 0 Å². The largest absolute Gasteiger partial charge is 0.481 e. The summed E-state index contributed by atoms with van der Waals surface area (Å²) < 4.78 is 19.2. The van der Waals surface area contributed by atoms with Gasteiger partial charge in [-0.05, 0) is 44.4 Å². The number of carboxylic acids is 1. The number of carboxylic acid groups (broad SMARTS) is 1. The zero-order chi connectivity index (χ0) is 17.9. The zero-order valence-corrected chi connectivity index (χ0v) is 14.4. The van der Waals surface area contributed by atoms with Gasteiger partial charge in [0.25, 0.3) is 0 Å². The van der Waals surface area contributed by atoms with Gasteiger partial charge in [0.05, 0.1) is 22.5 Å². The molecule has 0 unspecified atom stereocenters. The van der Waals surface area contributed by atoms with E-state index >= 15 is 0 Å². The SMILES string of the molecule is CC(C)(CCNC(=O)[C@@H]1CCO[C@H]1c1ccc(Cl)c(F)c1)C(=O)O. The van der Waals surface area contributed by atoms with E-state index in [4.69, 9.17) is 21.4 Å². The number of benzene rings is 1. The molecule has 1 aromatic carbocycles. The molecule has 1 saturated heterocycles. The summed E-state index contributed by atoms with van der Waals surface area (Å²) in [4.78, 5) is 23.4. The molecule has 0 bridgehead atoms. The fraction of sp³-hybridized carbons (Fsp3) is 0.529. The second-order valence-electron chi connectivity index (χ2n) is 6.59. The van der Waals surface area contributed by atoms with Crippen LogP contribution in [0.5, 0.6) is 0 Å². The number of carbonyl (C=O) groups excluding carboxylic acids is 1. The molecule has 2 rings (SSSR count). The van der Waals surface area contributed by atoms with Gasteiger partial charge in [-0.15, -0.1) is 0 Å². The number of hydrogen-bond donors (Lipinski definition) is 2. The molecule has 2 atom stereocenters. The van der Waals surface area contributed by atoms with Gasteiger partial charge in [-0.2, -0.15) is 0 Å². The molecule has 0 aromatic heterocycles. The van der Waals surface area contributed by atoms with Crippen LogP contribution in [-0.4, -0.2) is 30.1 Å². The molecule has 24 heavy (non-hydrogen) atoms. The standard InChI is InChI=1S/C17H21ClFNO4/c1-17(2,16(22)23)6-7-20-15(21)11-5-8-24-14(11)10-3-4-12(18)13(19)9-10/h3-4,9,11,14H,5-8H2,1-2H3,(H,20,21)(H,22,23)/t11-,14+/m1/s1. The van der Waals surface area contributed by atoms with Crippen LogP contribution >= 0.6 is 11.6 Å². The molecule has 1 aliphatic heterocycles. The molecule has 1 aromatic rings. The first-order valence-corrected chi connectivity index (χ1v) is 8.18. The second kappa shape index (κ2) is 7.49. The number of nitrogens with one attached hydrogen (secondary N) is 1. The highest BCUT2D eigenvalue weighted by Gasteiger charge is 2.36. The van der Waals surface area contributed by atoms with Crippen LogP contribution in [0.2, 0.25) is 5.02 Å². The summed E-state index contributed by atoms with van der Waals surface area (Å²) >= 11 is 5.68. The first-order chi connectivity index (χ1) is 11.2. The van der Waals surface area contributed by atoms with Crippen LogP contribution in [0.1, 0.15) is 38.4 Å². The lowest BCUT2D eigenvalue weighted by Crippen LogP contribution is -2.36. The lowest BCUT2D eigenvalue weighted by atomic mass is 9.89. The number of halogens is 2. The highest BCUT2D eigenvalue weighted by Crippen LogP contribution is 2.35. The third-order valence-electron chi connectivity index (χ3n) is 4.33. The van der Waals surface area contributed by atoms with Crippen LogP contribution in [0, 0.1) is 17.2 Å². The van der Waals surface area contributed by atoms with Gasteiger partial charge in [-0.25, -0.2) is 4.39 Å². The molecule has 0 aliphatic carbocycles. The number of aliphatic carboxylic acids is 1. The van der Waals surface area contributed by atoms with Gasteiger partial charge in [-0.3, -0.25) is 9.59 Å². The molecular weight excluding hydrogens is 337 g/mol. The maximum atomic E-state index is 13.6. The summed E-state index contributed by atoms with van der Waals surface area (Å²) in [5.41, 5.74) is -0.335. The van der Waals surface area contributed by atoms with E-state index in [1.54, 1.807) is 19.9 Å². The Morgan fingerprint density at radius 1 is 1.46 bits per heavy atom. The molecule has 7 heteroatoms. The van der Waals surface area contributed by atoms with Gasteiger partial charge in [-0.1, -0.05) is 17.7 Å². The predicted octanol–water partition coefficient (Wildman–Crippen LogP) is 3.17. The Bertz CT molecular complexity index is 635. The number of ether oxygens (including phenoxy) is 1. The fourth-order valence-corrected chi connectivity index (χ4v) is 2.73. The van der Waals surface area contributed by atoms with E-state index in [9.17, 15) is 14.0 Å². The molecule has 1 amide bonds. The Kier molecular flexibility index (Phi) is 5.83. The summed E-state index contributed by atoms with van der Waals surface area (Å²) in [7, 11) is 0. The van der Waals surface area contributed by atoms with Crippen molar-refractivity contribution in [2.45, 2.75) is 32.8 Å². The second-order valence-corrected chi connectivity index (χ2v) is 7.00. The Hall–Kier alpha value is -1.66. The Balaban J connectivity index is 1.98. The number of carbonyl (C=O) groups is 2. The first kappa shape index (κ1) is 18.7. The Morgan fingerprint density at radius 3 is 2.79 bits per heavy atom. The Labute approximate surface area is 145 Å². The van der Waals surface area contributed by atoms with E-state index < -0.39 is 29.2 Å². The van der Waals surface area contributed by atoms with Crippen molar-refractivity contribution in [3.05, 3.63) is 34.6 Å². The smallest absolute Gasteiger partial charge is 0.309 e. The number of hydrogen-bond acceptors (Lipinski definition) is 3. The van der Waals surface area contributed by atoms with Crippen molar-refractivity contribution in [1.82, 2.24) is 5.32 Å². The van der Waals surface area contributed by atoms with Gasteiger partial charge in [0.2, 0.25) is 5.91 Å². The van der Waals surface area contributed by atoms with E-state index in [0.717, 1.165) is 0 Å². The topological polar surface area (TPSA) is 75.6 Å². The summed E-state index contributed by atoms with van der Waals surface area (Å²) in [6.07, 6.45) is 0.328. The van der Waals surface area contributed by atoms with Crippen LogP contribution in [0.3, 0.4) is 0 Å². The molecule has 5 nitrogen and oxygen atoms in total. The third-order valence-corrected chi connectivity index (χ3v) is 4.64. The van der Waals surface area contributed by atoms with Crippen LogP contribution < -0.4 is 5.32 Å². The molecule has 0 radical (unpaired) electrons. The van der Waals surface area contributed by atoms with Crippen molar-refractivity contribution in [2.24, 2.45) is 11.3 Å². The van der Waals surface area contributed by atoms with Gasteiger partial charge in [0, 0.05) is 13.2 Å². The normalized spacial score (nSPS) is 20.8. The summed E-state index contributed by atoms with van der Waals surface area (Å²) in [5, 5.41) is 11.9. The van der Waals surface area contributed by atoms with Crippen molar-refractivity contribution in [1.29, 1.82) is 0 Å². The van der Waals surface area contributed by atoms with E-state index in [2.05, 4.69) is 5.32 Å². The van der Waals surface area contributed by atoms with E-state index in [1.165, 1.54) is 12.1 Å². The lowest BCUT2D eigenvalue weighted by molar-refractivity contribution is -0.147. The van der Waals surface area contributed by atoms with Crippen molar-refractivity contribution in [3.63, 3.8) is 0 Å². The maximum Gasteiger partial charge on any atom is 0.309 e. The van der Waals surface area contributed by atoms with Crippen LogP contribution in [0.25, 0.3) is 0 Å². The van der Waals surface area contributed by atoms with E-state index in [0.29, 0.717) is 25.0 Å². The predicted molar refractivity (Wildman–Crippen MR) is 87.3 cm³/mol. The number of rotatable bonds is 6. The molecule has 0 saturated carbocycles. The van der Waals surface area contributed by atoms with Gasteiger partial charge in [0.1, 0.15) is 5.82 Å². The van der Waals surface area contributed by atoms with E-state index in [1.807, 2.05) is 0 Å². The van der Waals surface area contributed by atoms with Crippen LogP contribution in [0.4, 0.5) is 4.39 Å². The van der Waals surface area contributed by atoms with Crippen LogP contribution in [-0.2, 0) is 14.3 Å². The molecule has 1 aliphatic rings. The third kappa shape index (κ3) is 4.24. The monoisotopic (exact) mass is 357 g/mol. The van der Waals surface area contributed by atoms with Crippen molar-refractivity contribution in [3.8, 4) is 0 Å². The van der Waals surface area contributed by atoms with Crippen molar-refractivity contribution < 1.29 is 23.8 Å². The van der Waals surface area contributed by atoms with Gasteiger partial charge >= 0.3 is 5.97 Å². The molecule has 0 spiro atoms. The Morgan fingerprint density at radius 2 is 2.17 bits per heavy atom. The summed E-state index contributed by atoms with van der Waals surface area (Å²) in [6, 6.07) is 4.37.